The van der Waals surface area contributed by atoms with Gasteiger partial charge in [-0.25, -0.2) is 4.98 Å². The second kappa shape index (κ2) is 6.99. The third-order valence-electron chi connectivity index (χ3n) is 4.36. The number of amides is 1. The summed E-state index contributed by atoms with van der Waals surface area (Å²) in [6, 6.07) is 16.8. The van der Waals surface area contributed by atoms with Crippen molar-refractivity contribution in [2.45, 2.75) is 6.54 Å². The molecule has 0 fully saturated rings. The Balaban J connectivity index is 1.59. The number of benzene rings is 2. The first-order chi connectivity index (χ1) is 13.2. The van der Waals surface area contributed by atoms with Crippen molar-refractivity contribution < 1.29 is 18.7 Å². The van der Waals surface area contributed by atoms with Crippen LogP contribution in [0, 0.1) is 0 Å². The van der Waals surface area contributed by atoms with Gasteiger partial charge in [-0.05, 0) is 36.4 Å². The first kappa shape index (κ1) is 16.9. The minimum absolute atomic E-state index is 0.217. The van der Waals surface area contributed by atoms with E-state index in [0.29, 0.717) is 12.3 Å². The van der Waals surface area contributed by atoms with Crippen LogP contribution in [0.25, 0.3) is 22.0 Å². The summed E-state index contributed by atoms with van der Waals surface area (Å²) in [7, 11) is 3.22. The number of hydrogen-bond donors (Lipinski definition) is 1. The van der Waals surface area contributed by atoms with E-state index in [1.165, 1.54) is 0 Å². The molecule has 1 amide bonds. The summed E-state index contributed by atoms with van der Waals surface area (Å²) < 4.78 is 16.2. The second-order valence-electron chi connectivity index (χ2n) is 6.05. The molecular weight excluding hydrogens is 344 g/mol. The number of furan rings is 1. The Kier molecular flexibility index (Phi) is 4.38. The zero-order valence-electron chi connectivity index (χ0n) is 15.0. The lowest BCUT2D eigenvalue weighted by Gasteiger charge is -2.08. The van der Waals surface area contributed by atoms with E-state index in [9.17, 15) is 4.79 Å². The molecule has 2 aromatic heterocycles. The Morgan fingerprint density at radius 1 is 1.04 bits per heavy atom. The van der Waals surface area contributed by atoms with Crippen LogP contribution in [0.1, 0.15) is 16.1 Å². The van der Waals surface area contributed by atoms with Gasteiger partial charge in [0.1, 0.15) is 11.5 Å². The number of methoxy groups -OCH3 is 2. The molecule has 4 rings (SSSR count). The van der Waals surface area contributed by atoms with Gasteiger partial charge in [-0.15, -0.1) is 0 Å². The molecular formula is C21H18N2O4. The van der Waals surface area contributed by atoms with Crippen LogP contribution < -0.4 is 14.8 Å². The highest BCUT2D eigenvalue weighted by atomic mass is 16.5. The molecule has 0 aliphatic heterocycles. The summed E-state index contributed by atoms with van der Waals surface area (Å²) in [4.78, 5) is 17.0. The van der Waals surface area contributed by atoms with Gasteiger partial charge in [-0.1, -0.05) is 18.2 Å². The molecule has 0 saturated heterocycles. The highest BCUT2D eigenvalue weighted by Crippen LogP contribution is 2.26. The number of fused-ring (bicyclic) bond motifs is 2. The van der Waals surface area contributed by atoms with Crippen LogP contribution in [0.3, 0.4) is 0 Å². The molecule has 6 nitrogen and oxygen atoms in total. The number of nitrogens with zero attached hydrogens (tertiary/aromatic N) is 1. The average molecular weight is 362 g/mol. The minimum Gasteiger partial charge on any atom is -0.497 e. The lowest BCUT2D eigenvalue weighted by Crippen LogP contribution is -2.22. The monoisotopic (exact) mass is 362 g/mol. The fourth-order valence-corrected chi connectivity index (χ4v) is 2.96. The van der Waals surface area contributed by atoms with Crippen LogP contribution >= 0.6 is 0 Å². The molecule has 0 saturated carbocycles. The topological polar surface area (TPSA) is 73.6 Å². The van der Waals surface area contributed by atoms with Crippen molar-refractivity contribution in [1.29, 1.82) is 0 Å². The molecule has 0 aliphatic carbocycles. The van der Waals surface area contributed by atoms with Crippen molar-refractivity contribution in [3.8, 4) is 11.5 Å². The number of carbonyl (C=O) groups is 1. The van der Waals surface area contributed by atoms with Crippen molar-refractivity contribution >= 4 is 27.9 Å². The molecule has 27 heavy (non-hydrogen) atoms. The number of carbonyl (C=O) groups excluding carboxylic acids is 1. The van der Waals surface area contributed by atoms with E-state index in [0.717, 1.165) is 33.4 Å². The van der Waals surface area contributed by atoms with Gasteiger partial charge in [0, 0.05) is 22.9 Å². The van der Waals surface area contributed by atoms with E-state index in [1.807, 2.05) is 48.5 Å². The number of hydrogen-bond acceptors (Lipinski definition) is 5. The van der Waals surface area contributed by atoms with Gasteiger partial charge in [0.2, 0.25) is 5.71 Å². The summed E-state index contributed by atoms with van der Waals surface area (Å²) in [5.41, 5.74) is 2.09. The maximum atomic E-state index is 12.5. The molecule has 0 bridgehead atoms. The average Bonchev–Trinajstić information content (AvgIpc) is 3.12. The van der Waals surface area contributed by atoms with Crippen molar-refractivity contribution in [1.82, 2.24) is 10.3 Å². The van der Waals surface area contributed by atoms with Crippen molar-refractivity contribution in [3.05, 3.63) is 65.9 Å². The molecule has 0 unspecified atom stereocenters. The fourth-order valence-electron chi connectivity index (χ4n) is 2.96. The highest BCUT2D eigenvalue weighted by Gasteiger charge is 2.14. The number of nitrogens with one attached hydrogen (secondary N) is 1. The molecule has 6 heteroatoms. The van der Waals surface area contributed by atoms with Gasteiger partial charge in [-0.2, -0.15) is 0 Å². The number of para-hydroxylation sites is 1. The maximum absolute atomic E-state index is 12.5. The molecule has 136 valence electrons. The SMILES string of the molecule is COc1ccc2nc3oc(C(=O)NCc4ccccc4OC)cc3cc2c1. The molecule has 0 aliphatic rings. The van der Waals surface area contributed by atoms with Gasteiger partial charge >= 0.3 is 0 Å². The number of ether oxygens (including phenoxy) is 2. The molecule has 2 aromatic carbocycles. The molecule has 1 N–H and O–H groups in total. The van der Waals surface area contributed by atoms with E-state index in [2.05, 4.69) is 10.3 Å². The van der Waals surface area contributed by atoms with Gasteiger partial charge in [0.05, 0.1) is 19.7 Å². The van der Waals surface area contributed by atoms with Crippen molar-refractivity contribution in [2.75, 3.05) is 14.2 Å². The highest BCUT2D eigenvalue weighted by molar-refractivity contribution is 5.98. The van der Waals surface area contributed by atoms with Crippen LogP contribution in [-0.2, 0) is 6.54 Å². The maximum Gasteiger partial charge on any atom is 0.287 e. The summed E-state index contributed by atoms with van der Waals surface area (Å²) in [5, 5.41) is 4.53. The normalized spacial score (nSPS) is 10.9. The molecule has 2 heterocycles. The Morgan fingerprint density at radius 2 is 1.89 bits per heavy atom. The van der Waals surface area contributed by atoms with E-state index in [4.69, 9.17) is 13.9 Å². The van der Waals surface area contributed by atoms with Gasteiger partial charge in [0.15, 0.2) is 5.76 Å². The summed E-state index contributed by atoms with van der Waals surface area (Å²) in [6.45, 7) is 0.340. The van der Waals surface area contributed by atoms with Crippen LogP contribution in [0.4, 0.5) is 0 Å². The second-order valence-corrected chi connectivity index (χ2v) is 6.05. The van der Waals surface area contributed by atoms with Crippen molar-refractivity contribution in [3.63, 3.8) is 0 Å². The predicted molar refractivity (Wildman–Crippen MR) is 102 cm³/mol. The van der Waals surface area contributed by atoms with E-state index >= 15 is 0 Å². The van der Waals surface area contributed by atoms with E-state index in [1.54, 1.807) is 20.3 Å². The molecule has 4 aromatic rings. The van der Waals surface area contributed by atoms with Crippen LogP contribution in [0.15, 0.2) is 59.0 Å². The minimum atomic E-state index is -0.305. The number of rotatable bonds is 5. The first-order valence-electron chi connectivity index (χ1n) is 8.46. The summed E-state index contributed by atoms with van der Waals surface area (Å²) >= 11 is 0. The molecule has 0 radical (unpaired) electrons. The Morgan fingerprint density at radius 3 is 2.70 bits per heavy atom. The Hall–Kier alpha value is -3.54. The smallest absolute Gasteiger partial charge is 0.287 e. The largest absolute Gasteiger partial charge is 0.497 e. The third kappa shape index (κ3) is 3.29. The summed E-state index contributed by atoms with van der Waals surface area (Å²) in [6.07, 6.45) is 0. The molecule has 0 atom stereocenters. The van der Waals surface area contributed by atoms with E-state index in [-0.39, 0.29) is 11.7 Å². The zero-order chi connectivity index (χ0) is 18.8. The zero-order valence-corrected chi connectivity index (χ0v) is 15.0. The predicted octanol–water partition coefficient (Wildman–Crippen LogP) is 3.93. The Labute approximate surface area is 155 Å². The Bertz CT molecular complexity index is 1130. The van der Waals surface area contributed by atoms with Crippen molar-refractivity contribution in [2.24, 2.45) is 0 Å². The van der Waals surface area contributed by atoms with Gasteiger partial charge < -0.3 is 19.2 Å². The van der Waals surface area contributed by atoms with E-state index < -0.39 is 0 Å². The standard InChI is InChI=1S/C21H18N2O4/c1-25-16-7-8-17-14(10-16)9-15-11-19(27-21(15)23-17)20(24)22-12-13-5-3-4-6-18(13)26-2/h3-11H,12H2,1-2H3,(H,22,24). The van der Waals surface area contributed by atoms with Gasteiger partial charge in [-0.3, -0.25) is 4.79 Å². The lowest BCUT2D eigenvalue weighted by molar-refractivity contribution is 0.0925. The quantitative estimate of drug-likeness (QED) is 0.582. The van der Waals surface area contributed by atoms with Crippen LogP contribution in [0.2, 0.25) is 0 Å². The number of pyridine rings is 1. The lowest BCUT2D eigenvalue weighted by atomic mass is 10.2. The van der Waals surface area contributed by atoms with Gasteiger partial charge in [0.25, 0.3) is 5.91 Å². The molecule has 0 spiro atoms. The summed E-state index contributed by atoms with van der Waals surface area (Å²) in [5.74, 6) is 1.39. The van der Waals surface area contributed by atoms with Crippen LogP contribution in [-0.4, -0.2) is 25.1 Å². The van der Waals surface area contributed by atoms with Crippen LogP contribution in [0.5, 0.6) is 11.5 Å². The fraction of sp³-hybridized carbons (Fsp3) is 0.143. The first-order valence-corrected chi connectivity index (χ1v) is 8.46. The number of aromatic nitrogens is 1. The third-order valence-corrected chi connectivity index (χ3v) is 4.36.